The van der Waals surface area contributed by atoms with Gasteiger partial charge in [-0.05, 0) is 18.1 Å². The zero-order chi connectivity index (χ0) is 18.0. The van der Waals surface area contributed by atoms with Crippen molar-refractivity contribution in [2.75, 3.05) is 26.2 Å². The first kappa shape index (κ1) is 19.0. The number of piperazine rings is 1. The summed E-state index contributed by atoms with van der Waals surface area (Å²) in [7, 11) is 0. The minimum atomic E-state index is -4.97. The molecule has 0 spiro atoms. The first-order valence-electron chi connectivity index (χ1n) is 7.47. The van der Waals surface area contributed by atoms with Crippen LogP contribution in [0, 0.1) is 5.82 Å². The Morgan fingerprint density at radius 1 is 1.04 bits per heavy atom. The molecular weight excluding hydrogens is 341 g/mol. The standard InChI is InChI=1S/C15H17F7N2/c16-11-3-1-2-10(13(11)15(20,21)22)12(4-5-14(17,18)19)24-8-6-23-7-9-24/h1-3,12,23H,4-9H2/t12-/m1/s1. The molecule has 1 atom stereocenters. The van der Waals surface area contributed by atoms with Gasteiger partial charge in [-0.15, -0.1) is 0 Å². The molecule has 1 aromatic carbocycles. The summed E-state index contributed by atoms with van der Waals surface area (Å²) in [5.41, 5.74) is -1.91. The molecule has 0 aliphatic carbocycles. The summed E-state index contributed by atoms with van der Waals surface area (Å²) in [4.78, 5) is 1.55. The molecule has 1 saturated heterocycles. The molecule has 1 aliphatic heterocycles. The van der Waals surface area contributed by atoms with Crippen LogP contribution >= 0.6 is 0 Å². The van der Waals surface area contributed by atoms with Gasteiger partial charge in [-0.3, -0.25) is 4.90 Å². The van der Waals surface area contributed by atoms with E-state index in [1.54, 1.807) is 4.90 Å². The largest absolute Gasteiger partial charge is 0.419 e. The van der Waals surface area contributed by atoms with Crippen LogP contribution in [0.15, 0.2) is 18.2 Å². The van der Waals surface area contributed by atoms with Gasteiger partial charge in [-0.25, -0.2) is 4.39 Å². The van der Waals surface area contributed by atoms with Crippen molar-refractivity contribution in [1.82, 2.24) is 10.2 Å². The third-order valence-corrected chi connectivity index (χ3v) is 3.98. The summed E-state index contributed by atoms with van der Waals surface area (Å²) >= 11 is 0. The van der Waals surface area contributed by atoms with E-state index in [0.717, 1.165) is 12.1 Å². The minimum absolute atomic E-state index is 0.302. The molecule has 0 radical (unpaired) electrons. The fourth-order valence-electron chi connectivity index (χ4n) is 2.95. The number of alkyl halides is 6. The monoisotopic (exact) mass is 358 g/mol. The number of halogens is 7. The Labute approximate surface area is 134 Å². The van der Waals surface area contributed by atoms with E-state index in [1.807, 2.05) is 0 Å². The van der Waals surface area contributed by atoms with Gasteiger partial charge in [0.25, 0.3) is 0 Å². The third-order valence-electron chi connectivity index (χ3n) is 3.98. The molecule has 24 heavy (non-hydrogen) atoms. The van der Waals surface area contributed by atoms with E-state index in [0.29, 0.717) is 32.2 Å². The number of hydrogen-bond acceptors (Lipinski definition) is 2. The van der Waals surface area contributed by atoms with E-state index < -0.39 is 48.2 Å². The highest BCUT2D eigenvalue weighted by molar-refractivity contribution is 5.34. The average Bonchev–Trinajstić information content (AvgIpc) is 2.46. The lowest BCUT2D eigenvalue weighted by Gasteiger charge is -2.36. The topological polar surface area (TPSA) is 15.3 Å². The lowest BCUT2D eigenvalue weighted by molar-refractivity contribution is -0.142. The molecule has 0 unspecified atom stereocenters. The lowest BCUT2D eigenvalue weighted by Crippen LogP contribution is -2.45. The highest BCUT2D eigenvalue weighted by atomic mass is 19.4. The van der Waals surface area contributed by atoms with Crippen molar-refractivity contribution in [3.63, 3.8) is 0 Å². The zero-order valence-corrected chi connectivity index (χ0v) is 12.6. The molecule has 1 fully saturated rings. The average molecular weight is 358 g/mol. The number of rotatable bonds is 4. The smallest absolute Gasteiger partial charge is 0.314 e. The van der Waals surface area contributed by atoms with Crippen molar-refractivity contribution in [2.45, 2.75) is 31.2 Å². The summed E-state index contributed by atoms with van der Waals surface area (Å²) in [5, 5.41) is 2.99. The number of nitrogens with zero attached hydrogens (tertiary/aromatic N) is 1. The maximum atomic E-state index is 13.8. The van der Waals surface area contributed by atoms with E-state index in [-0.39, 0.29) is 0 Å². The molecule has 1 aromatic rings. The van der Waals surface area contributed by atoms with Gasteiger partial charge in [0.2, 0.25) is 0 Å². The highest BCUT2D eigenvalue weighted by Gasteiger charge is 2.40. The predicted octanol–water partition coefficient (Wildman–Crippen LogP) is 4.13. The van der Waals surface area contributed by atoms with Crippen LogP contribution in [0.4, 0.5) is 30.7 Å². The summed E-state index contributed by atoms with van der Waals surface area (Å²) < 4.78 is 91.2. The van der Waals surface area contributed by atoms with Gasteiger partial charge in [0, 0.05) is 38.6 Å². The minimum Gasteiger partial charge on any atom is -0.314 e. The second-order valence-corrected chi connectivity index (χ2v) is 5.66. The first-order valence-corrected chi connectivity index (χ1v) is 7.47. The van der Waals surface area contributed by atoms with Crippen LogP contribution in [0.5, 0.6) is 0 Å². The van der Waals surface area contributed by atoms with Crippen molar-refractivity contribution in [2.24, 2.45) is 0 Å². The van der Waals surface area contributed by atoms with Crippen LogP contribution < -0.4 is 5.32 Å². The van der Waals surface area contributed by atoms with E-state index in [1.165, 1.54) is 0 Å². The molecule has 1 aliphatic rings. The molecule has 0 amide bonds. The van der Waals surface area contributed by atoms with Crippen molar-refractivity contribution in [3.05, 3.63) is 35.1 Å². The SMILES string of the molecule is Fc1cccc([C@@H](CCC(F)(F)F)N2CCNCC2)c1C(F)(F)F. The maximum absolute atomic E-state index is 13.8. The fraction of sp³-hybridized carbons (Fsp3) is 0.600. The van der Waals surface area contributed by atoms with Crippen LogP contribution in [0.25, 0.3) is 0 Å². The van der Waals surface area contributed by atoms with Crippen molar-refractivity contribution in [1.29, 1.82) is 0 Å². The molecule has 1 N–H and O–H groups in total. The molecule has 0 bridgehead atoms. The fourth-order valence-corrected chi connectivity index (χ4v) is 2.95. The first-order chi connectivity index (χ1) is 11.1. The lowest BCUT2D eigenvalue weighted by atomic mass is 9.94. The molecule has 2 nitrogen and oxygen atoms in total. The Morgan fingerprint density at radius 3 is 2.21 bits per heavy atom. The van der Waals surface area contributed by atoms with Crippen molar-refractivity contribution >= 4 is 0 Å². The molecule has 9 heteroatoms. The second-order valence-electron chi connectivity index (χ2n) is 5.66. The van der Waals surface area contributed by atoms with Gasteiger partial charge in [-0.1, -0.05) is 12.1 Å². The maximum Gasteiger partial charge on any atom is 0.419 e. The predicted molar refractivity (Wildman–Crippen MR) is 73.9 cm³/mol. The number of benzene rings is 1. The number of hydrogen-bond donors (Lipinski definition) is 1. The summed E-state index contributed by atoms with van der Waals surface area (Å²) in [5.74, 6) is -1.47. The molecule has 0 saturated carbocycles. The van der Waals surface area contributed by atoms with Crippen molar-refractivity contribution in [3.8, 4) is 0 Å². The Balaban J connectivity index is 2.41. The molecular formula is C15H17F7N2. The Morgan fingerprint density at radius 2 is 1.67 bits per heavy atom. The van der Waals surface area contributed by atoms with E-state index in [4.69, 9.17) is 0 Å². The zero-order valence-electron chi connectivity index (χ0n) is 12.6. The second kappa shape index (κ2) is 7.26. The van der Waals surface area contributed by atoms with Crippen LogP contribution in [0.1, 0.15) is 30.0 Å². The van der Waals surface area contributed by atoms with Gasteiger partial charge in [0.05, 0.1) is 5.56 Å². The van der Waals surface area contributed by atoms with E-state index >= 15 is 0 Å². The van der Waals surface area contributed by atoms with Crippen LogP contribution in [0.3, 0.4) is 0 Å². The Kier molecular flexibility index (Phi) is 5.74. The molecule has 136 valence electrons. The van der Waals surface area contributed by atoms with Crippen LogP contribution in [0.2, 0.25) is 0 Å². The summed E-state index contributed by atoms with van der Waals surface area (Å²) in [6.07, 6.45) is -11.2. The van der Waals surface area contributed by atoms with Crippen molar-refractivity contribution < 1.29 is 30.7 Å². The van der Waals surface area contributed by atoms with E-state index in [2.05, 4.69) is 5.32 Å². The quantitative estimate of drug-likeness (QED) is 0.814. The number of nitrogens with one attached hydrogen (secondary N) is 1. The van der Waals surface area contributed by atoms with Crippen LogP contribution in [-0.2, 0) is 6.18 Å². The van der Waals surface area contributed by atoms with Gasteiger partial charge in [0.1, 0.15) is 5.82 Å². The molecule has 1 heterocycles. The molecule has 2 rings (SSSR count). The molecule has 0 aromatic heterocycles. The highest BCUT2D eigenvalue weighted by Crippen LogP contribution is 2.40. The summed E-state index contributed by atoms with van der Waals surface area (Å²) in [6.45, 7) is 1.52. The van der Waals surface area contributed by atoms with Gasteiger partial charge in [0.15, 0.2) is 0 Å². The normalized spacial score (nSPS) is 18.6. The van der Waals surface area contributed by atoms with Gasteiger partial charge >= 0.3 is 12.4 Å². The Bertz CT molecular complexity index is 548. The third kappa shape index (κ3) is 4.83. The van der Waals surface area contributed by atoms with Gasteiger partial charge in [-0.2, -0.15) is 26.3 Å². The van der Waals surface area contributed by atoms with Crippen LogP contribution in [-0.4, -0.2) is 37.3 Å². The van der Waals surface area contributed by atoms with E-state index in [9.17, 15) is 30.7 Å². The Hall–Kier alpha value is -1.35. The summed E-state index contributed by atoms with van der Waals surface area (Å²) in [6, 6.07) is 1.70. The van der Waals surface area contributed by atoms with Gasteiger partial charge < -0.3 is 5.32 Å².